The normalized spacial score (nSPS) is 34.0. The van der Waals surface area contributed by atoms with Gasteiger partial charge in [-0.15, -0.1) is 0 Å². The molecule has 0 aromatic heterocycles. The van der Waals surface area contributed by atoms with Crippen LogP contribution in [-0.2, 0) is 9.59 Å². The van der Waals surface area contributed by atoms with Crippen LogP contribution in [0.2, 0.25) is 0 Å². The molecule has 1 aliphatic heterocycles. The fourth-order valence-electron chi connectivity index (χ4n) is 3.43. The zero-order valence-electron chi connectivity index (χ0n) is 12.0. The van der Waals surface area contributed by atoms with Gasteiger partial charge in [0.05, 0.1) is 0 Å². The van der Waals surface area contributed by atoms with Gasteiger partial charge >= 0.3 is 0 Å². The van der Waals surface area contributed by atoms with E-state index in [4.69, 9.17) is 5.73 Å². The van der Waals surface area contributed by atoms with Crippen molar-refractivity contribution < 1.29 is 9.59 Å². The first-order valence-corrected chi connectivity index (χ1v) is 8.01. The SMILES string of the molecule is NC1CCC(C(=O)N2CCCC2C(=O)NC2CC2)CC1. The van der Waals surface area contributed by atoms with Gasteiger partial charge in [0.2, 0.25) is 11.8 Å². The van der Waals surface area contributed by atoms with Crippen LogP contribution in [0.5, 0.6) is 0 Å². The maximum absolute atomic E-state index is 12.6. The summed E-state index contributed by atoms with van der Waals surface area (Å²) >= 11 is 0. The zero-order chi connectivity index (χ0) is 14.1. The molecule has 112 valence electrons. The summed E-state index contributed by atoms with van der Waals surface area (Å²) in [5.41, 5.74) is 5.90. The van der Waals surface area contributed by atoms with Gasteiger partial charge in [-0.1, -0.05) is 0 Å². The topological polar surface area (TPSA) is 75.4 Å². The highest BCUT2D eigenvalue weighted by atomic mass is 16.2. The van der Waals surface area contributed by atoms with E-state index in [1.807, 2.05) is 4.90 Å². The average Bonchev–Trinajstić information content (AvgIpc) is 3.11. The van der Waals surface area contributed by atoms with Gasteiger partial charge in [-0.25, -0.2) is 0 Å². The van der Waals surface area contributed by atoms with Crippen molar-refractivity contribution in [1.82, 2.24) is 10.2 Å². The number of nitrogens with zero attached hydrogens (tertiary/aromatic N) is 1. The summed E-state index contributed by atoms with van der Waals surface area (Å²) in [6, 6.07) is 0.401. The van der Waals surface area contributed by atoms with Crippen molar-refractivity contribution in [3.63, 3.8) is 0 Å². The number of hydrogen-bond donors (Lipinski definition) is 2. The Labute approximate surface area is 120 Å². The average molecular weight is 279 g/mol. The second kappa shape index (κ2) is 5.72. The predicted octanol–water partition coefficient (Wildman–Crippen LogP) is 0.773. The number of carbonyl (C=O) groups excluding carboxylic acids is 2. The highest BCUT2D eigenvalue weighted by Gasteiger charge is 2.39. The standard InChI is InChI=1S/C15H25N3O2/c16-11-5-3-10(4-6-11)15(20)18-9-1-2-13(18)14(19)17-12-7-8-12/h10-13H,1-9,16H2,(H,17,19). The Morgan fingerprint density at radius 1 is 1.00 bits per heavy atom. The van der Waals surface area contributed by atoms with Gasteiger partial charge in [0.25, 0.3) is 0 Å². The van der Waals surface area contributed by atoms with Gasteiger partial charge in [0, 0.05) is 24.5 Å². The number of nitrogens with one attached hydrogen (secondary N) is 1. The first-order chi connectivity index (χ1) is 9.65. The van der Waals surface area contributed by atoms with Crippen LogP contribution in [0.4, 0.5) is 0 Å². The predicted molar refractivity (Wildman–Crippen MR) is 75.8 cm³/mol. The molecule has 3 fully saturated rings. The van der Waals surface area contributed by atoms with Gasteiger partial charge in [0.15, 0.2) is 0 Å². The number of rotatable bonds is 3. The molecule has 2 saturated carbocycles. The van der Waals surface area contributed by atoms with E-state index in [9.17, 15) is 9.59 Å². The van der Waals surface area contributed by atoms with Crippen molar-refractivity contribution in [3.8, 4) is 0 Å². The molecule has 3 rings (SSSR count). The van der Waals surface area contributed by atoms with E-state index in [0.717, 1.165) is 57.9 Å². The number of likely N-dealkylation sites (tertiary alicyclic amines) is 1. The third-order valence-corrected chi connectivity index (χ3v) is 4.88. The summed E-state index contributed by atoms with van der Waals surface area (Å²) in [5.74, 6) is 0.334. The van der Waals surface area contributed by atoms with Crippen LogP contribution in [0.15, 0.2) is 0 Å². The van der Waals surface area contributed by atoms with E-state index in [0.29, 0.717) is 6.04 Å². The molecular formula is C15H25N3O2. The molecule has 0 aromatic carbocycles. The van der Waals surface area contributed by atoms with Crippen LogP contribution >= 0.6 is 0 Å². The minimum atomic E-state index is -0.223. The van der Waals surface area contributed by atoms with Gasteiger partial charge in [-0.3, -0.25) is 9.59 Å². The molecule has 3 N–H and O–H groups in total. The maximum atomic E-state index is 12.6. The van der Waals surface area contributed by atoms with Crippen LogP contribution in [0.25, 0.3) is 0 Å². The van der Waals surface area contributed by atoms with E-state index in [-0.39, 0.29) is 29.8 Å². The van der Waals surface area contributed by atoms with Crippen molar-refractivity contribution in [2.24, 2.45) is 11.7 Å². The lowest BCUT2D eigenvalue weighted by molar-refractivity contribution is -0.142. The summed E-state index contributed by atoms with van der Waals surface area (Å²) in [6.07, 6.45) is 7.57. The van der Waals surface area contributed by atoms with Crippen molar-refractivity contribution in [2.45, 2.75) is 69.5 Å². The van der Waals surface area contributed by atoms with Crippen LogP contribution in [0.3, 0.4) is 0 Å². The quantitative estimate of drug-likeness (QED) is 0.801. The summed E-state index contributed by atoms with van der Waals surface area (Å²) in [5, 5.41) is 3.04. The lowest BCUT2D eigenvalue weighted by Gasteiger charge is -2.31. The van der Waals surface area contributed by atoms with E-state index >= 15 is 0 Å². The largest absolute Gasteiger partial charge is 0.352 e. The molecule has 20 heavy (non-hydrogen) atoms. The highest BCUT2D eigenvalue weighted by Crippen LogP contribution is 2.29. The smallest absolute Gasteiger partial charge is 0.243 e. The van der Waals surface area contributed by atoms with Crippen LogP contribution in [0.1, 0.15) is 51.4 Å². The molecule has 1 heterocycles. The summed E-state index contributed by atoms with van der Waals surface area (Å²) in [7, 11) is 0. The van der Waals surface area contributed by atoms with Gasteiger partial charge in [-0.2, -0.15) is 0 Å². The molecule has 0 spiro atoms. The molecule has 0 radical (unpaired) electrons. The molecular weight excluding hydrogens is 254 g/mol. The van der Waals surface area contributed by atoms with E-state index in [2.05, 4.69) is 5.32 Å². The minimum Gasteiger partial charge on any atom is -0.352 e. The summed E-state index contributed by atoms with van der Waals surface area (Å²) in [4.78, 5) is 26.7. The summed E-state index contributed by atoms with van der Waals surface area (Å²) in [6.45, 7) is 0.740. The Bertz CT molecular complexity index is 387. The van der Waals surface area contributed by atoms with E-state index in [1.165, 1.54) is 0 Å². The first-order valence-electron chi connectivity index (χ1n) is 8.01. The third-order valence-electron chi connectivity index (χ3n) is 4.88. The zero-order valence-corrected chi connectivity index (χ0v) is 12.0. The Kier molecular flexibility index (Phi) is 3.96. The molecule has 5 heteroatoms. The monoisotopic (exact) mass is 279 g/mol. The molecule has 1 unspecified atom stereocenters. The fourth-order valence-corrected chi connectivity index (χ4v) is 3.43. The van der Waals surface area contributed by atoms with Crippen LogP contribution in [0, 0.1) is 5.92 Å². The highest BCUT2D eigenvalue weighted by molar-refractivity contribution is 5.89. The van der Waals surface area contributed by atoms with Gasteiger partial charge in [-0.05, 0) is 51.4 Å². The van der Waals surface area contributed by atoms with Crippen molar-refractivity contribution in [2.75, 3.05) is 6.54 Å². The number of amides is 2. The Morgan fingerprint density at radius 2 is 1.70 bits per heavy atom. The minimum absolute atomic E-state index is 0.0610. The van der Waals surface area contributed by atoms with E-state index in [1.54, 1.807) is 0 Å². The first kappa shape index (κ1) is 13.9. The molecule has 0 bridgehead atoms. The third kappa shape index (κ3) is 2.97. The lowest BCUT2D eigenvalue weighted by Crippen LogP contribution is -2.49. The van der Waals surface area contributed by atoms with Crippen molar-refractivity contribution in [1.29, 1.82) is 0 Å². The number of nitrogens with two attached hydrogens (primary N) is 1. The molecule has 2 aliphatic carbocycles. The van der Waals surface area contributed by atoms with Gasteiger partial charge in [0.1, 0.15) is 6.04 Å². The summed E-state index contributed by atoms with van der Waals surface area (Å²) < 4.78 is 0. The van der Waals surface area contributed by atoms with E-state index < -0.39 is 0 Å². The Hall–Kier alpha value is -1.10. The lowest BCUT2D eigenvalue weighted by atomic mass is 9.85. The number of carbonyl (C=O) groups is 2. The molecule has 1 saturated heterocycles. The van der Waals surface area contributed by atoms with Crippen LogP contribution in [-0.4, -0.2) is 41.4 Å². The maximum Gasteiger partial charge on any atom is 0.243 e. The van der Waals surface area contributed by atoms with Crippen molar-refractivity contribution in [3.05, 3.63) is 0 Å². The molecule has 2 amide bonds. The molecule has 1 atom stereocenters. The van der Waals surface area contributed by atoms with Crippen molar-refractivity contribution >= 4 is 11.8 Å². The Balaban J connectivity index is 1.59. The fraction of sp³-hybridized carbons (Fsp3) is 0.867. The second-order valence-electron chi connectivity index (χ2n) is 6.58. The molecule has 0 aromatic rings. The van der Waals surface area contributed by atoms with Crippen LogP contribution < -0.4 is 11.1 Å². The van der Waals surface area contributed by atoms with Gasteiger partial charge < -0.3 is 16.0 Å². The molecule has 3 aliphatic rings. The number of hydrogen-bond acceptors (Lipinski definition) is 3. The Morgan fingerprint density at radius 3 is 2.35 bits per heavy atom. The second-order valence-corrected chi connectivity index (χ2v) is 6.58. The molecule has 5 nitrogen and oxygen atoms in total.